The molecule has 0 saturated heterocycles. The maximum Gasteiger partial charge on any atom is 0.247 e. The lowest BCUT2D eigenvalue weighted by Crippen LogP contribution is -2.10. The minimum atomic E-state index is -3.61. The van der Waals surface area contributed by atoms with Gasteiger partial charge < -0.3 is 5.11 Å². The second-order valence-corrected chi connectivity index (χ2v) is 6.32. The van der Waals surface area contributed by atoms with Crippen LogP contribution in [-0.4, -0.2) is 13.5 Å². The molecule has 1 aromatic rings. The average molecular weight is 233 g/mol. The molecule has 4 nitrogen and oxygen atoms in total. The Kier molecular flexibility index (Phi) is 2.38. The van der Waals surface area contributed by atoms with E-state index in [2.05, 4.69) is 0 Å². The topological polar surface area (TPSA) is 80.4 Å². The second-order valence-electron chi connectivity index (χ2n) is 3.40. The van der Waals surface area contributed by atoms with Crippen LogP contribution in [0.15, 0.2) is 10.3 Å². The van der Waals surface area contributed by atoms with E-state index in [1.165, 1.54) is 17.4 Å². The number of fused-ring (bicyclic) bond motifs is 1. The normalized spacial score (nSPS) is 22.0. The van der Waals surface area contributed by atoms with Crippen molar-refractivity contribution >= 4 is 21.4 Å². The van der Waals surface area contributed by atoms with E-state index >= 15 is 0 Å². The summed E-state index contributed by atoms with van der Waals surface area (Å²) in [6, 6.07) is 1.50. The van der Waals surface area contributed by atoms with Crippen LogP contribution < -0.4 is 5.14 Å². The zero-order chi connectivity index (χ0) is 10.3. The lowest BCUT2D eigenvalue weighted by Gasteiger charge is -2.16. The van der Waals surface area contributed by atoms with E-state index in [0.29, 0.717) is 6.42 Å². The van der Waals surface area contributed by atoms with Crippen LogP contribution in [0.25, 0.3) is 0 Å². The van der Waals surface area contributed by atoms with Crippen molar-refractivity contribution in [2.75, 3.05) is 0 Å². The molecule has 78 valence electrons. The molecule has 0 aromatic carbocycles. The molecule has 1 aliphatic rings. The number of aliphatic hydroxyl groups is 1. The van der Waals surface area contributed by atoms with Crippen molar-refractivity contribution in [3.05, 3.63) is 16.5 Å². The van der Waals surface area contributed by atoms with Gasteiger partial charge in [0.1, 0.15) is 4.21 Å². The fourth-order valence-electron chi connectivity index (χ4n) is 1.65. The number of aryl methyl sites for hydroxylation is 1. The van der Waals surface area contributed by atoms with Gasteiger partial charge in [-0.15, -0.1) is 11.3 Å². The van der Waals surface area contributed by atoms with Crippen molar-refractivity contribution in [3.8, 4) is 0 Å². The van der Waals surface area contributed by atoms with Gasteiger partial charge in [0.05, 0.1) is 6.10 Å². The number of nitrogens with two attached hydrogens (primary N) is 1. The molecular formula is C8H11NO3S2. The minimum absolute atomic E-state index is 0.156. The third-order valence-electron chi connectivity index (χ3n) is 2.34. The molecule has 0 bridgehead atoms. The Morgan fingerprint density at radius 1 is 1.57 bits per heavy atom. The molecule has 1 aromatic heterocycles. The molecule has 3 N–H and O–H groups in total. The smallest absolute Gasteiger partial charge is 0.247 e. The van der Waals surface area contributed by atoms with Gasteiger partial charge in [0.2, 0.25) is 10.0 Å². The minimum Gasteiger partial charge on any atom is -0.388 e. The average Bonchev–Trinajstić information content (AvgIpc) is 2.48. The van der Waals surface area contributed by atoms with Crippen molar-refractivity contribution in [1.82, 2.24) is 0 Å². The van der Waals surface area contributed by atoms with Crippen molar-refractivity contribution in [3.63, 3.8) is 0 Å². The third-order valence-corrected chi connectivity index (χ3v) is 4.97. The first-order valence-electron chi connectivity index (χ1n) is 4.32. The Labute approximate surface area is 86.4 Å². The summed E-state index contributed by atoms with van der Waals surface area (Å²) < 4.78 is 22.3. The first-order valence-corrected chi connectivity index (χ1v) is 6.68. The second kappa shape index (κ2) is 3.30. The molecule has 6 heteroatoms. The Morgan fingerprint density at radius 3 is 2.86 bits per heavy atom. The van der Waals surface area contributed by atoms with Crippen LogP contribution in [0.2, 0.25) is 0 Å². The first-order chi connectivity index (χ1) is 6.48. The van der Waals surface area contributed by atoms with Crippen LogP contribution in [0.3, 0.4) is 0 Å². The number of hydrogen-bond donors (Lipinski definition) is 2. The predicted molar refractivity (Wildman–Crippen MR) is 53.6 cm³/mol. The van der Waals surface area contributed by atoms with Gasteiger partial charge in [-0.1, -0.05) is 0 Å². The van der Waals surface area contributed by atoms with Gasteiger partial charge in [-0.25, -0.2) is 13.6 Å². The molecule has 1 heterocycles. The summed E-state index contributed by atoms with van der Waals surface area (Å²) in [4.78, 5) is 0.952. The monoisotopic (exact) mass is 233 g/mol. The highest BCUT2D eigenvalue weighted by molar-refractivity contribution is 7.91. The van der Waals surface area contributed by atoms with E-state index < -0.39 is 16.1 Å². The van der Waals surface area contributed by atoms with Crippen LogP contribution in [0.4, 0.5) is 0 Å². The maximum atomic E-state index is 11.1. The molecule has 0 saturated carbocycles. The molecule has 2 rings (SSSR count). The van der Waals surface area contributed by atoms with Crippen molar-refractivity contribution in [2.45, 2.75) is 29.6 Å². The fraction of sp³-hybridized carbons (Fsp3) is 0.500. The Hall–Kier alpha value is -0.430. The molecule has 14 heavy (non-hydrogen) atoms. The van der Waals surface area contributed by atoms with E-state index in [1.807, 2.05) is 0 Å². The molecule has 0 fully saturated rings. The summed E-state index contributed by atoms with van der Waals surface area (Å²) in [5.74, 6) is 0. The van der Waals surface area contributed by atoms with Gasteiger partial charge in [0.15, 0.2) is 0 Å². The fourth-order valence-corrected chi connectivity index (χ4v) is 3.69. The molecule has 1 atom stereocenters. The SMILES string of the molecule is NS(=O)(=O)c1cc2c(s1)CCCC2O. The van der Waals surface area contributed by atoms with Gasteiger partial charge in [-0.05, 0) is 30.9 Å². The first kappa shape index (κ1) is 10.1. The van der Waals surface area contributed by atoms with E-state index in [0.717, 1.165) is 23.3 Å². The lowest BCUT2D eigenvalue weighted by atomic mass is 9.97. The van der Waals surface area contributed by atoms with Crippen molar-refractivity contribution in [1.29, 1.82) is 0 Å². The largest absolute Gasteiger partial charge is 0.388 e. The zero-order valence-corrected chi connectivity index (χ0v) is 9.07. The van der Waals surface area contributed by atoms with Crippen molar-refractivity contribution in [2.24, 2.45) is 5.14 Å². The highest BCUT2D eigenvalue weighted by atomic mass is 32.2. The summed E-state index contributed by atoms with van der Waals surface area (Å²) in [6.45, 7) is 0. The standard InChI is InChI=1S/C8H11NO3S2/c9-14(11,12)8-4-5-6(10)2-1-3-7(5)13-8/h4,6,10H,1-3H2,(H2,9,11,12). The molecule has 1 unspecified atom stereocenters. The number of rotatable bonds is 1. The molecule has 0 radical (unpaired) electrons. The van der Waals surface area contributed by atoms with Gasteiger partial charge in [-0.3, -0.25) is 0 Å². The summed E-state index contributed by atoms with van der Waals surface area (Å²) in [5, 5.41) is 14.6. The third kappa shape index (κ3) is 1.70. The Balaban J connectivity index is 2.50. The quantitative estimate of drug-likeness (QED) is 0.751. The van der Waals surface area contributed by atoms with Crippen LogP contribution in [0.1, 0.15) is 29.4 Å². The van der Waals surface area contributed by atoms with Gasteiger partial charge in [-0.2, -0.15) is 0 Å². The van der Waals surface area contributed by atoms with Crippen molar-refractivity contribution < 1.29 is 13.5 Å². The Morgan fingerprint density at radius 2 is 2.29 bits per heavy atom. The van der Waals surface area contributed by atoms with E-state index in [9.17, 15) is 13.5 Å². The number of thiophene rings is 1. The van der Waals surface area contributed by atoms with E-state index in [-0.39, 0.29) is 4.21 Å². The van der Waals surface area contributed by atoms with E-state index in [1.54, 1.807) is 0 Å². The number of hydrogen-bond acceptors (Lipinski definition) is 4. The summed E-state index contributed by atoms with van der Waals surface area (Å²) in [5.41, 5.74) is 0.741. The summed E-state index contributed by atoms with van der Waals surface area (Å²) in [7, 11) is -3.61. The molecule has 0 amide bonds. The van der Waals surface area contributed by atoms with Gasteiger partial charge in [0, 0.05) is 4.88 Å². The van der Waals surface area contributed by atoms with Gasteiger partial charge in [0.25, 0.3) is 0 Å². The lowest BCUT2D eigenvalue weighted by molar-refractivity contribution is 0.157. The van der Waals surface area contributed by atoms with Crippen LogP contribution in [0.5, 0.6) is 0 Å². The highest BCUT2D eigenvalue weighted by Crippen LogP contribution is 2.36. The van der Waals surface area contributed by atoms with Crippen LogP contribution in [0, 0.1) is 0 Å². The molecule has 0 aliphatic heterocycles. The van der Waals surface area contributed by atoms with Crippen LogP contribution in [-0.2, 0) is 16.4 Å². The Bertz CT molecular complexity index is 449. The zero-order valence-electron chi connectivity index (χ0n) is 7.43. The maximum absolute atomic E-state index is 11.1. The molecule has 1 aliphatic carbocycles. The van der Waals surface area contributed by atoms with Crippen LogP contribution >= 0.6 is 11.3 Å². The summed E-state index contributed by atoms with van der Waals surface area (Å²) >= 11 is 1.17. The molecular weight excluding hydrogens is 222 g/mol. The highest BCUT2D eigenvalue weighted by Gasteiger charge is 2.23. The molecule has 0 spiro atoms. The number of primary sulfonamides is 1. The van der Waals surface area contributed by atoms with E-state index in [4.69, 9.17) is 5.14 Å². The van der Waals surface area contributed by atoms with Gasteiger partial charge >= 0.3 is 0 Å². The number of sulfonamides is 1. The predicted octanol–water partition coefficient (Wildman–Crippen LogP) is 0.765. The number of aliphatic hydroxyl groups excluding tert-OH is 1. The summed E-state index contributed by atoms with van der Waals surface area (Å²) in [6.07, 6.45) is 1.92.